The van der Waals surface area contributed by atoms with Crippen LogP contribution in [0.4, 0.5) is 18.9 Å². The number of carbonyl (C=O) groups excluding carboxylic acids is 1. The summed E-state index contributed by atoms with van der Waals surface area (Å²) in [7, 11) is 1.48. The largest absolute Gasteiger partial charge is 0.497 e. The van der Waals surface area contributed by atoms with Crippen LogP contribution in [0.25, 0.3) is 0 Å². The zero-order valence-corrected chi connectivity index (χ0v) is 14.1. The zero-order chi connectivity index (χ0) is 18.6. The number of methoxy groups -OCH3 is 1. The molecule has 2 rings (SSSR count). The Hall–Kier alpha value is -2.41. The number of rotatable bonds is 5. The number of nitrogens with one attached hydrogen (secondary N) is 1. The Balaban J connectivity index is 2.14. The van der Waals surface area contributed by atoms with Crippen LogP contribution in [0.3, 0.4) is 0 Å². The number of amides is 1. The molecule has 0 heterocycles. The standard InChI is InChI=1S/C17H15ClF3NO3/c1-10(25-13-5-3-4-12(9-13)24-2)16(23)22-15-7-6-11(18)8-14(15)17(19,20)21/h3-10H,1-2H3,(H,22,23)/t10-/m0/s1. The number of hydrogen-bond acceptors (Lipinski definition) is 3. The predicted octanol–water partition coefficient (Wildman–Crippen LogP) is 4.77. The average Bonchev–Trinajstić information content (AvgIpc) is 2.55. The number of alkyl halides is 3. The fraction of sp³-hybridized carbons (Fsp3) is 0.235. The Morgan fingerprint density at radius 2 is 1.84 bits per heavy atom. The average molecular weight is 374 g/mol. The summed E-state index contributed by atoms with van der Waals surface area (Å²) in [4.78, 5) is 12.2. The normalized spacial score (nSPS) is 12.4. The van der Waals surface area contributed by atoms with Crippen molar-refractivity contribution >= 4 is 23.2 Å². The summed E-state index contributed by atoms with van der Waals surface area (Å²) < 4.78 is 49.6. The number of halogens is 4. The molecule has 0 spiro atoms. The highest BCUT2D eigenvalue weighted by Crippen LogP contribution is 2.36. The smallest absolute Gasteiger partial charge is 0.418 e. The minimum absolute atomic E-state index is 0.0778. The molecule has 0 aliphatic heterocycles. The molecule has 0 saturated heterocycles. The molecule has 25 heavy (non-hydrogen) atoms. The van der Waals surface area contributed by atoms with E-state index < -0.39 is 23.8 Å². The first-order valence-electron chi connectivity index (χ1n) is 7.19. The van der Waals surface area contributed by atoms with Gasteiger partial charge in [0, 0.05) is 11.1 Å². The van der Waals surface area contributed by atoms with Crippen LogP contribution in [0.2, 0.25) is 5.02 Å². The fourth-order valence-corrected chi connectivity index (χ4v) is 2.20. The van der Waals surface area contributed by atoms with E-state index in [2.05, 4.69) is 5.32 Å². The van der Waals surface area contributed by atoms with Gasteiger partial charge in [0.15, 0.2) is 6.10 Å². The molecule has 0 unspecified atom stereocenters. The van der Waals surface area contributed by atoms with Gasteiger partial charge in [-0.2, -0.15) is 13.2 Å². The second kappa shape index (κ2) is 7.65. The molecule has 0 bridgehead atoms. The lowest BCUT2D eigenvalue weighted by atomic mass is 10.1. The molecule has 1 amide bonds. The van der Waals surface area contributed by atoms with Gasteiger partial charge in [0.1, 0.15) is 11.5 Å². The van der Waals surface area contributed by atoms with Gasteiger partial charge in [-0.1, -0.05) is 17.7 Å². The summed E-state index contributed by atoms with van der Waals surface area (Å²) in [6, 6.07) is 9.65. The second-order valence-electron chi connectivity index (χ2n) is 5.12. The highest BCUT2D eigenvalue weighted by atomic mass is 35.5. The zero-order valence-electron chi connectivity index (χ0n) is 13.4. The summed E-state index contributed by atoms with van der Waals surface area (Å²) in [6.45, 7) is 1.43. The van der Waals surface area contributed by atoms with Gasteiger partial charge in [-0.3, -0.25) is 4.79 Å². The Morgan fingerprint density at radius 1 is 1.16 bits per heavy atom. The van der Waals surface area contributed by atoms with Crippen molar-refractivity contribution in [2.45, 2.75) is 19.2 Å². The summed E-state index contributed by atoms with van der Waals surface area (Å²) in [6.07, 6.45) is -5.67. The first kappa shape index (κ1) is 18.9. The van der Waals surface area contributed by atoms with E-state index in [0.29, 0.717) is 11.5 Å². The summed E-state index contributed by atoms with van der Waals surface area (Å²) in [5.74, 6) is 0.159. The van der Waals surface area contributed by atoms with Gasteiger partial charge in [0.25, 0.3) is 5.91 Å². The van der Waals surface area contributed by atoms with Crippen molar-refractivity contribution in [2.75, 3.05) is 12.4 Å². The first-order valence-corrected chi connectivity index (χ1v) is 7.57. The van der Waals surface area contributed by atoms with Crippen molar-refractivity contribution in [1.29, 1.82) is 0 Å². The van der Waals surface area contributed by atoms with Crippen LogP contribution in [0.15, 0.2) is 42.5 Å². The third-order valence-electron chi connectivity index (χ3n) is 3.27. The van der Waals surface area contributed by atoms with Crippen LogP contribution in [0, 0.1) is 0 Å². The molecule has 0 radical (unpaired) electrons. The van der Waals surface area contributed by atoms with E-state index in [1.165, 1.54) is 20.1 Å². The number of benzene rings is 2. The Morgan fingerprint density at radius 3 is 2.48 bits per heavy atom. The van der Waals surface area contributed by atoms with Gasteiger partial charge in [0.05, 0.1) is 18.4 Å². The van der Waals surface area contributed by atoms with Crippen LogP contribution >= 0.6 is 11.6 Å². The minimum atomic E-state index is -4.65. The maximum absolute atomic E-state index is 13.1. The molecule has 0 fully saturated rings. The Bertz CT molecular complexity index is 765. The number of ether oxygens (including phenoxy) is 2. The van der Waals surface area contributed by atoms with Crippen LogP contribution in [0.1, 0.15) is 12.5 Å². The molecule has 0 aliphatic rings. The van der Waals surface area contributed by atoms with Gasteiger partial charge in [-0.25, -0.2) is 0 Å². The van der Waals surface area contributed by atoms with E-state index in [1.54, 1.807) is 24.3 Å². The lowest BCUT2D eigenvalue weighted by molar-refractivity contribution is -0.137. The van der Waals surface area contributed by atoms with Crippen LogP contribution in [0.5, 0.6) is 11.5 Å². The van der Waals surface area contributed by atoms with E-state index in [4.69, 9.17) is 21.1 Å². The van der Waals surface area contributed by atoms with Crippen LogP contribution < -0.4 is 14.8 Å². The lowest BCUT2D eigenvalue weighted by Gasteiger charge is -2.18. The molecule has 1 atom stereocenters. The van der Waals surface area contributed by atoms with Gasteiger partial charge >= 0.3 is 6.18 Å². The summed E-state index contributed by atoms with van der Waals surface area (Å²) >= 11 is 5.61. The fourth-order valence-electron chi connectivity index (χ4n) is 2.03. The number of carbonyl (C=O) groups is 1. The molecule has 4 nitrogen and oxygen atoms in total. The molecule has 8 heteroatoms. The SMILES string of the molecule is COc1cccc(O[C@@H](C)C(=O)Nc2ccc(Cl)cc2C(F)(F)F)c1. The quantitative estimate of drug-likeness (QED) is 0.821. The van der Waals surface area contributed by atoms with Crippen molar-refractivity contribution in [3.63, 3.8) is 0 Å². The minimum Gasteiger partial charge on any atom is -0.497 e. The third-order valence-corrected chi connectivity index (χ3v) is 3.50. The predicted molar refractivity (Wildman–Crippen MR) is 88.2 cm³/mol. The van der Waals surface area contributed by atoms with Crippen LogP contribution in [-0.4, -0.2) is 19.1 Å². The van der Waals surface area contributed by atoms with Crippen molar-refractivity contribution < 1.29 is 27.4 Å². The first-order chi connectivity index (χ1) is 11.7. The highest BCUT2D eigenvalue weighted by molar-refractivity contribution is 6.30. The Kier molecular flexibility index (Phi) is 5.79. The Labute approximate surface area is 147 Å². The molecular formula is C17H15ClF3NO3. The molecule has 134 valence electrons. The van der Waals surface area contributed by atoms with Gasteiger partial charge in [-0.05, 0) is 37.3 Å². The van der Waals surface area contributed by atoms with Crippen molar-refractivity contribution in [1.82, 2.24) is 0 Å². The lowest BCUT2D eigenvalue weighted by Crippen LogP contribution is -2.31. The van der Waals surface area contributed by atoms with E-state index in [9.17, 15) is 18.0 Å². The van der Waals surface area contributed by atoms with Crippen molar-refractivity contribution in [3.05, 3.63) is 53.1 Å². The molecule has 0 aromatic heterocycles. The van der Waals surface area contributed by atoms with Gasteiger partial charge < -0.3 is 14.8 Å². The maximum Gasteiger partial charge on any atom is 0.418 e. The van der Waals surface area contributed by atoms with Crippen LogP contribution in [-0.2, 0) is 11.0 Å². The van der Waals surface area contributed by atoms with Gasteiger partial charge in [-0.15, -0.1) is 0 Å². The molecule has 1 N–H and O–H groups in total. The topological polar surface area (TPSA) is 47.6 Å². The van der Waals surface area contributed by atoms with Gasteiger partial charge in [0.2, 0.25) is 0 Å². The molecule has 2 aromatic carbocycles. The van der Waals surface area contributed by atoms with E-state index >= 15 is 0 Å². The van der Waals surface area contributed by atoms with Crippen molar-refractivity contribution in [2.24, 2.45) is 0 Å². The van der Waals surface area contributed by atoms with E-state index in [1.807, 2.05) is 0 Å². The molecule has 0 saturated carbocycles. The maximum atomic E-state index is 13.1. The molecule has 0 aliphatic carbocycles. The molecule has 2 aromatic rings. The monoisotopic (exact) mass is 373 g/mol. The number of hydrogen-bond donors (Lipinski definition) is 1. The third kappa shape index (κ3) is 5.03. The van der Waals surface area contributed by atoms with E-state index in [0.717, 1.165) is 12.1 Å². The highest BCUT2D eigenvalue weighted by Gasteiger charge is 2.34. The second-order valence-corrected chi connectivity index (χ2v) is 5.55. The number of anilines is 1. The van der Waals surface area contributed by atoms with Crippen molar-refractivity contribution in [3.8, 4) is 11.5 Å². The summed E-state index contributed by atoms with van der Waals surface area (Å²) in [5, 5.41) is 2.14. The van der Waals surface area contributed by atoms with E-state index in [-0.39, 0.29) is 10.7 Å². The summed E-state index contributed by atoms with van der Waals surface area (Å²) in [5.41, 5.74) is -1.41. The molecular weight excluding hydrogens is 359 g/mol.